The van der Waals surface area contributed by atoms with E-state index in [1.165, 1.54) is 43.2 Å². The van der Waals surface area contributed by atoms with E-state index in [1.807, 2.05) is 35.3 Å². The summed E-state index contributed by atoms with van der Waals surface area (Å²) in [7, 11) is 0. The number of amidine groups is 1. The van der Waals surface area contributed by atoms with Gasteiger partial charge in [0.15, 0.2) is 5.78 Å². The van der Waals surface area contributed by atoms with Crippen molar-refractivity contribution in [1.82, 2.24) is 20.1 Å². The molecule has 0 radical (unpaired) electrons. The molecule has 222 valence electrons. The molecule has 2 fully saturated rings. The van der Waals surface area contributed by atoms with Crippen molar-refractivity contribution in [2.24, 2.45) is 28.0 Å². The van der Waals surface area contributed by atoms with Crippen LogP contribution in [0.1, 0.15) is 74.5 Å². The smallest absolute Gasteiger partial charge is 0.160 e. The summed E-state index contributed by atoms with van der Waals surface area (Å²) in [5, 5.41) is 8.70. The van der Waals surface area contributed by atoms with Gasteiger partial charge in [0.05, 0.1) is 6.04 Å². The van der Waals surface area contributed by atoms with Gasteiger partial charge in [-0.2, -0.15) is 5.10 Å². The quantitative estimate of drug-likeness (QED) is 0.239. The number of fused-ring (bicyclic) bond motifs is 1. The molecule has 1 aromatic heterocycles. The number of benzene rings is 2. The Morgan fingerprint density at radius 1 is 1.05 bits per heavy atom. The SMILES string of the molecule is NC(=N[C@H](Cc1ccc(Cl)cc1)C(=O)C1CCC(Cn2cncn2)(C2CCCCC2)CC1)[C@H]1Cc2ccccc2CN1. The molecule has 2 heterocycles. The lowest BCUT2D eigenvalue weighted by atomic mass is 9.59. The number of aromatic nitrogens is 3. The molecule has 0 spiro atoms. The Labute approximate surface area is 254 Å². The molecule has 2 saturated carbocycles. The Kier molecular flexibility index (Phi) is 9.06. The average Bonchev–Trinajstić information content (AvgIpc) is 3.55. The number of hydrogen-bond acceptors (Lipinski definition) is 5. The van der Waals surface area contributed by atoms with Crippen molar-refractivity contribution in [3.05, 3.63) is 82.9 Å². The summed E-state index contributed by atoms with van der Waals surface area (Å²) in [5.74, 6) is 1.43. The predicted octanol–water partition coefficient (Wildman–Crippen LogP) is 5.94. The number of carbonyl (C=O) groups is 1. The maximum absolute atomic E-state index is 14.3. The Bertz CT molecular complexity index is 1360. The van der Waals surface area contributed by atoms with E-state index in [0.717, 1.165) is 50.8 Å². The van der Waals surface area contributed by atoms with Crippen molar-refractivity contribution in [2.75, 3.05) is 0 Å². The average molecular weight is 587 g/mol. The standard InChI is InChI=1S/C34H43ClN6O/c35-29-12-10-24(11-13-29)18-30(40-33(36)31-19-26-6-4-5-7-27(26)20-38-31)32(42)25-14-16-34(17-15-25,21-41-23-37-22-39-41)28-8-2-1-3-9-28/h4-7,10-13,22-23,25,28,30-31,38H,1-3,8-9,14-21H2,(H2,36,40)/t25?,30-,31-,34?/m1/s1. The normalized spacial score (nSPS) is 26.0. The number of carbonyl (C=O) groups excluding carboxylic acids is 1. The molecule has 0 saturated heterocycles. The lowest BCUT2D eigenvalue weighted by Crippen LogP contribution is -2.47. The number of hydrogen-bond donors (Lipinski definition) is 2. The van der Waals surface area contributed by atoms with E-state index in [4.69, 9.17) is 22.3 Å². The van der Waals surface area contributed by atoms with Gasteiger partial charge in [-0.25, -0.2) is 4.98 Å². The van der Waals surface area contributed by atoms with Gasteiger partial charge >= 0.3 is 0 Å². The zero-order valence-corrected chi connectivity index (χ0v) is 25.2. The van der Waals surface area contributed by atoms with Crippen LogP contribution >= 0.6 is 11.6 Å². The van der Waals surface area contributed by atoms with Crippen LogP contribution in [0, 0.1) is 17.3 Å². The summed E-state index contributed by atoms with van der Waals surface area (Å²) in [6.45, 7) is 1.65. The zero-order chi connectivity index (χ0) is 28.9. The molecule has 8 heteroatoms. The second-order valence-corrected chi connectivity index (χ2v) is 13.2. The Hall–Kier alpha value is -3.03. The number of nitrogens with one attached hydrogen (secondary N) is 1. The number of nitrogens with zero attached hydrogens (tertiary/aromatic N) is 4. The third kappa shape index (κ3) is 6.63. The Balaban J connectivity index is 1.20. The van der Waals surface area contributed by atoms with Gasteiger partial charge in [-0.15, -0.1) is 0 Å². The Morgan fingerprint density at radius 3 is 2.50 bits per heavy atom. The van der Waals surface area contributed by atoms with Crippen molar-refractivity contribution in [3.8, 4) is 0 Å². The molecule has 0 bridgehead atoms. The topological polar surface area (TPSA) is 98.2 Å². The highest BCUT2D eigenvalue weighted by molar-refractivity contribution is 6.30. The molecule has 2 aromatic carbocycles. The van der Waals surface area contributed by atoms with Gasteiger partial charge in [0.25, 0.3) is 0 Å². The van der Waals surface area contributed by atoms with Crippen molar-refractivity contribution in [2.45, 2.75) is 95.8 Å². The van der Waals surface area contributed by atoms with Gasteiger partial charge < -0.3 is 11.1 Å². The third-order valence-electron chi connectivity index (χ3n) is 10.2. The monoisotopic (exact) mass is 586 g/mol. The third-order valence-corrected chi connectivity index (χ3v) is 10.5. The minimum atomic E-state index is -0.507. The largest absolute Gasteiger partial charge is 0.386 e. The van der Waals surface area contributed by atoms with E-state index in [9.17, 15) is 4.79 Å². The van der Waals surface area contributed by atoms with E-state index < -0.39 is 6.04 Å². The second-order valence-electron chi connectivity index (χ2n) is 12.8. The van der Waals surface area contributed by atoms with Crippen LogP contribution in [0.3, 0.4) is 0 Å². The zero-order valence-electron chi connectivity index (χ0n) is 24.4. The van der Waals surface area contributed by atoms with Gasteiger partial charge in [0, 0.05) is 30.5 Å². The summed E-state index contributed by atoms with van der Waals surface area (Å²) in [5.41, 5.74) is 10.5. The van der Waals surface area contributed by atoms with Gasteiger partial charge in [0.2, 0.25) is 0 Å². The molecule has 0 amide bonds. The molecule has 1 aliphatic heterocycles. The van der Waals surface area contributed by atoms with Crippen molar-refractivity contribution in [3.63, 3.8) is 0 Å². The number of rotatable bonds is 9. The van der Waals surface area contributed by atoms with Crippen LogP contribution in [0.2, 0.25) is 5.02 Å². The molecule has 42 heavy (non-hydrogen) atoms. The molecule has 2 aliphatic carbocycles. The molecule has 3 aliphatic rings. The van der Waals surface area contributed by atoms with Crippen LogP contribution < -0.4 is 11.1 Å². The first kappa shape index (κ1) is 29.1. The lowest BCUT2D eigenvalue weighted by Gasteiger charge is -2.47. The van der Waals surface area contributed by atoms with E-state index in [2.05, 4.69) is 39.7 Å². The van der Waals surface area contributed by atoms with Gasteiger partial charge in [-0.05, 0) is 85.1 Å². The molecule has 7 nitrogen and oxygen atoms in total. The maximum Gasteiger partial charge on any atom is 0.160 e. The minimum Gasteiger partial charge on any atom is -0.386 e. The molecular weight excluding hydrogens is 544 g/mol. The number of ketones is 1. The first-order valence-corrected chi connectivity index (χ1v) is 16.1. The predicted molar refractivity (Wildman–Crippen MR) is 167 cm³/mol. The van der Waals surface area contributed by atoms with E-state index in [1.54, 1.807) is 6.33 Å². The number of nitrogens with two attached hydrogens (primary N) is 1. The van der Waals surface area contributed by atoms with E-state index in [-0.39, 0.29) is 23.2 Å². The highest BCUT2D eigenvalue weighted by Crippen LogP contribution is 2.51. The molecular formula is C34H43ClN6O. The fourth-order valence-corrected chi connectivity index (χ4v) is 7.91. The van der Waals surface area contributed by atoms with Crippen LogP contribution in [-0.2, 0) is 30.7 Å². The van der Waals surface area contributed by atoms with Crippen molar-refractivity contribution in [1.29, 1.82) is 0 Å². The van der Waals surface area contributed by atoms with Crippen LogP contribution in [-0.4, -0.2) is 38.5 Å². The highest BCUT2D eigenvalue weighted by atomic mass is 35.5. The van der Waals surface area contributed by atoms with E-state index >= 15 is 0 Å². The van der Waals surface area contributed by atoms with Crippen LogP contribution in [0.5, 0.6) is 0 Å². The molecule has 2 atom stereocenters. The van der Waals surface area contributed by atoms with Crippen molar-refractivity contribution >= 4 is 23.2 Å². The van der Waals surface area contributed by atoms with E-state index in [0.29, 0.717) is 23.2 Å². The molecule has 6 rings (SSSR count). The molecule has 3 N–H and O–H groups in total. The van der Waals surface area contributed by atoms with Gasteiger partial charge in [-0.1, -0.05) is 67.3 Å². The summed E-state index contributed by atoms with van der Waals surface area (Å²) in [4.78, 5) is 23.4. The summed E-state index contributed by atoms with van der Waals surface area (Å²) >= 11 is 6.17. The number of aliphatic imine (C=N–C) groups is 1. The highest BCUT2D eigenvalue weighted by Gasteiger charge is 2.44. The van der Waals surface area contributed by atoms with Gasteiger partial charge in [0.1, 0.15) is 24.5 Å². The minimum absolute atomic E-state index is 0.00801. The fraction of sp³-hybridized carbons (Fsp3) is 0.529. The summed E-state index contributed by atoms with van der Waals surface area (Å²) in [6, 6.07) is 15.6. The lowest BCUT2D eigenvalue weighted by molar-refractivity contribution is -0.126. The molecule has 0 unspecified atom stereocenters. The maximum atomic E-state index is 14.3. The van der Waals surface area contributed by atoms with Crippen LogP contribution in [0.15, 0.2) is 66.2 Å². The first-order chi connectivity index (χ1) is 20.5. The fourth-order valence-electron chi connectivity index (χ4n) is 7.78. The Morgan fingerprint density at radius 2 is 1.79 bits per heavy atom. The summed E-state index contributed by atoms with van der Waals surface area (Å²) in [6.07, 6.45) is 15.2. The first-order valence-electron chi connectivity index (χ1n) is 15.7. The van der Waals surface area contributed by atoms with Crippen LogP contribution in [0.4, 0.5) is 0 Å². The second kappa shape index (κ2) is 13.1. The van der Waals surface area contributed by atoms with Crippen molar-refractivity contribution < 1.29 is 4.79 Å². The number of halogens is 1. The van der Waals surface area contributed by atoms with Gasteiger partial charge in [-0.3, -0.25) is 14.5 Å². The summed E-state index contributed by atoms with van der Waals surface area (Å²) < 4.78 is 2.01. The molecule has 3 aromatic rings. The number of Topliss-reactive ketones (excluding diaryl/α,β-unsaturated/α-hetero) is 1. The van der Waals surface area contributed by atoms with Crippen LogP contribution in [0.25, 0.3) is 0 Å².